The molecule has 0 unspecified atom stereocenters. The maximum absolute atomic E-state index is 11.0. The van der Waals surface area contributed by atoms with E-state index in [0.29, 0.717) is 5.02 Å². The van der Waals surface area contributed by atoms with Gasteiger partial charge in [-0.25, -0.2) is 9.59 Å². The van der Waals surface area contributed by atoms with Gasteiger partial charge in [0.15, 0.2) is 0 Å². The van der Waals surface area contributed by atoms with Crippen molar-refractivity contribution in [2.75, 3.05) is 0 Å². The maximum Gasteiger partial charge on any atom is 0.331 e. The summed E-state index contributed by atoms with van der Waals surface area (Å²) in [5.41, 5.74) is 0.779. The zero-order valence-electron chi connectivity index (χ0n) is 8.22. The predicted octanol–water partition coefficient (Wildman–Crippen LogP) is 2.02. The monoisotopic (exact) mass is 240 g/mol. The SMILES string of the molecule is O=C(O)/C=C\C(=O)OCc1ccc(Cl)cc1. The molecule has 0 saturated heterocycles. The Morgan fingerprint density at radius 1 is 1.25 bits per heavy atom. The number of carbonyl (C=O) groups excluding carboxylic acids is 1. The van der Waals surface area contributed by atoms with Crippen LogP contribution >= 0.6 is 11.6 Å². The number of benzene rings is 1. The first-order valence-corrected chi connectivity index (χ1v) is 4.78. The largest absolute Gasteiger partial charge is 0.478 e. The molecular formula is C11H9ClO4. The Morgan fingerprint density at radius 2 is 1.88 bits per heavy atom. The van der Waals surface area contributed by atoms with Crippen LogP contribution < -0.4 is 0 Å². The molecule has 5 heteroatoms. The topological polar surface area (TPSA) is 63.6 Å². The number of esters is 1. The smallest absolute Gasteiger partial charge is 0.331 e. The Morgan fingerprint density at radius 3 is 2.44 bits per heavy atom. The van der Waals surface area contributed by atoms with E-state index in [1.54, 1.807) is 24.3 Å². The lowest BCUT2D eigenvalue weighted by molar-refractivity contribution is -0.139. The van der Waals surface area contributed by atoms with E-state index >= 15 is 0 Å². The number of halogens is 1. The Bertz CT molecular complexity index is 408. The molecule has 16 heavy (non-hydrogen) atoms. The fourth-order valence-electron chi connectivity index (χ4n) is 0.923. The predicted molar refractivity (Wildman–Crippen MR) is 58.0 cm³/mol. The van der Waals surface area contributed by atoms with Crippen molar-refractivity contribution in [2.45, 2.75) is 6.61 Å². The molecular weight excluding hydrogens is 232 g/mol. The second kappa shape index (κ2) is 5.92. The zero-order chi connectivity index (χ0) is 12.0. The molecule has 0 aliphatic carbocycles. The van der Waals surface area contributed by atoms with Gasteiger partial charge in [-0.15, -0.1) is 0 Å². The molecule has 0 fully saturated rings. The van der Waals surface area contributed by atoms with E-state index in [2.05, 4.69) is 0 Å². The van der Waals surface area contributed by atoms with Crippen LogP contribution in [0.2, 0.25) is 5.02 Å². The lowest BCUT2D eigenvalue weighted by Crippen LogP contribution is -2.01. The minimum absolute atomic E-state index is 0.0833. The van der Waals surface area contributed by atoms with Gasteiger partial charge in [-0.1, -0.05) is 23.7 Å². The Hall–Kier alpha value is -1.81. The minimum Gasteiger partial charge on any atom is -0.478 e. The van der Waals surface area contributed by atoms with Crippen LogP contribution in [0.5, 0.6) is 0 Å². The summed E-state index contributed by atoms with van der Waals surface area (Å²) < 4.78 is 4.79. The fraction of sp³-hybridized carbons (Fsp3) is 0.0909. The van der Waals surface area contributed by atoms with E-state index in [-0.39, 0.29) is 6.61 Å². The number of hydrogen-bond acceptors (Lipinski definition) is 3. The summed E-state index contributed by atoms with van der Waals surface area (Å²) >= 11 is 5.67. The molecule has 4 nitrogen and oxygen atoms in total. The number of carboxylic acid groups (broad SMARTS) is 1. The summed E-state index contributed by atoms with van der Waals surface area (Å²) in [7, 11) is 0. The molecule has 0 aliphatic rings. The van der Waals surface area contributed by atoms with Crippen molar-refractivity contribution in [1.29, 1.82) is 0 Å². The van der Waals surface area contributed by atoms with Gasteiger partial charge >= 0.3 is 11.9 Å². The zero-order valence-corrected chi connectivity index (χ0v) is 8.98. The fourth-order valence-corrected chi connectivity index (χ4v) is 1.05. The molecule has 84 valence electrons. The summed E-state index contributed by atoms with van der Waals surface area (Å²) in [6, 6.07) is 6.79. The van der Waals surface area contributed by atoms with E-state index in [4.69, 9.17) is 21.4 Å². The van der Waals surface area contributed by atoms with Gasteiger partial charge in [0.1, 0.15) is 6.61 Å². The molecule has 0 saturated carbocycles. The Balaban J connectivity index is 2.43. The highest BCUT2D eigenvalue weighted by Crippen LogP contribution is 2.10. The van der Waals surface area contributed by atoms with Crippen LogP contribution in [-0.4, -0.2) is 17.0 Å². The highest BCUT2D eigenvalue weighted by Gasteiger charge is 1.99. The molecule has 0 atom stereocenters. The number of aliphatic carboxylic acids is 1. The summed E-state index contributed by atoms with van der Waals surface area (Å²) in [6.07, 6.45) is 1.59. The molecule has 0 aliphatic heterocycles. The standard InChI is InChI=1S/C11H9ClO4/c12-9-3-1-8(2-4-9)7-16-11(15)6-5-10(13)14/h1-6H,7H2,(H,13,14)/b6-5-. The van der Waals surface area contributed by atoms with Gasteiger partial charge in [0, 0.05) is 17.2 Å². The third kappa shape index (κ3) is 4.61. The Labute approximate surface area is 97.1 Å². The van der Waals surface area contributed by atoms with E-state index in [1.807, 2.05) is 0 Å². The van der Waals surface area contributed by atoms with E-state index < -0.39 is 11.9 Å². The summed E-state index contributed by atoms with van der Waals surface area (Å²) in [4.78, 5) is 21.1. The Kier molecular flexibility index (Phi) is 4.54. The molecule has 1 rings (SSSR count). The third-order valence-electron chi connectivity index (χ3n) is 1.66. The molecule has 0 amide bonds. The molecule has 1 aromatic rings. The molecule has 0 spiro atoms. The number of ether oxygens (including phenoxy) is 1. The van der Waals surface area contributed by atoms with Crippen molar-refractivity contribution in [1.82, 2.24) is 0 Å². The van der Waals surface area contributed by atoms with Crippen molar-refractivity contribution in [2.24, 2.45) is 0 Å². The van der Waals surface area contributed by atoms with Crippen LogP contribution in [0, 0.1) is 0 Å². The van der Waals surface area contributed by atoms with Gasteiger partial charge in [-0.05, 0) is 17.7 Å². The number of hydrogen-bond donors (Lipinski definition) is 1. The first-order chi connectivity index (χ1) is 7.58. The van der Waals surface area contributed by atoms with Crippen molar-refractivity contribution >= 4 is 23.5 Å². The lowest BCUT2D eigenvalue weighted by Gasteiger charge is -2.01. The third-order valence-corrected chi connectivity index (χ3v) is 1.91. The normalized spacial score (nSPS) is 10.3. The van der Waals surface area contributed by atoms with Crippen LogP contribution in [0.25, 0.3) is 0 Å². The maximum atomic E-state index is 11.0. The van der Waals surface area contributed by atoms with E-state index in [9.17, 15) is 9.59 Å². The number of carbonyl (C=O) groups is 2. The van der Waals surface area contributed by atoms with Gasteiger partial charge in [0.25, 0.3) is 0 Å². The molecule has 0 aromatic heterocycles. The van der Waals surface area contributed by atoms with Gasteiger partial charge in [0.05, 0.1) is 0 Å². The number of carboxylic acids is 1. The lowest BCUT2D eigenvalue weighted by atomic mass is 10.2. The summed E-state index contributed by atoms with van der Waals surface area (Å²) in [6.45, 7) is 0.0833. The highest BCUT2D eigenvalue weighted by molar-refractivity contribution is 6.30. The van der Waals surface area contributed by atoms with Crippen LogP contribution in [0.3, 0.4) is 0 Å². The van der Waals surface area contributed by atoms with Crippen molar-refractivity contribution in [3.63, 3.8) is 0 Å². The molecule has 0 heterocycles. The van der Waals surface area contributed by atoms with Crippen molar-refractivity contribution < 1.29 is 19.4 Å². The van der Waals surface area contributed by atoms with Gasteiger partial charge in [-0.2, -0.15) is 0 Å². The van der Waals surface area contributed by atoms with Crippen LogP contribution in [0.4, 0.5) is 0 Å². The second-order valence-corrected chi connectivity index (χ2v) is 3.34. The first-order valence-electron chi connectivity index (χ1n) is 4.40. The van der Waals surface area contributed by atoms with Crippen molar-refractivity contribution in [3.05, 3.63) is 47.0 Å². The average molecular weight is 241 g/mol. The highest BCUT2D eigenvalue weighted by atomic mass is 35.5. The van der Waals surface area contributed by atoms with Crippen LogP contribution in [-0.2, 0) is 20.9 Å². The van der Waals surface area contributed by atoms with Crippen molar-refractivity contribution in [3.8, 4) is 0 Å². The average Bonchev–Trinajstić information content (AvgIpc) is 2.25. The summed E-state index contributed by atoms with van der Waals surface area (Å²) in [5.74, 6) is -1.89. The van der Waals surface area contributed by atoms with Gasteiger partial charge in [0.2, 0.25) is 0 Å². The van der Waals surface area contributed by atoms with Gasteiger partial charge in [-0.3, -0.25) is 0 Å². The van der Waals surface area contributed by atoms with E-state index in [1.165, 1.54) is 0 Å². The van der Waals surface area contributed by atoms with E-state index in [0.717, 1.165) is 17.7 Å². The summed E-state index contributed by atoms with van der Waals surface area (Å²) in [5, 5.41) is 8.87. The molecule has 0 bridgehead atoms. The minimum atomic E-state index is -1.19. The quantitative estimate of drug-likeness (QED) is 0.646. The number of rotatable bonds is 4. The van der Waals surface area contributed by atoms with Crippen LogP contribution in [0.1, 0.15) is 5.56 Å². The van der Waals surface area contributed by atoms with Gasteiger partial charge < -0.3 is 9.84 Å². The first kappa shape index (κ1) is 12.3. The molecule has 1 aromatic carbocycles. The van der Waals surface area contributed by atoms with Crippen LogP contribution in [0.15, 0.2) is 36.4 Å². The molecule has 0 radical (unpaired) electrons. The second-order valence-electron chi connectivity index (χ2n) is 2.91. The molecule has 1 N–H and O–H groups in total.